The number of imidazole rings is 1. The summed E-state index contributed by atoms with van der Waals surface area (Å²) in [4.78, 5) is 20.6. The van der Waals surface area contributed by atoms with E-state index in [9.17, 15) is 4.79 Å². The number of hydrogen-bond donors (Lipinski definition) is 3. The maximum absolute atomic E-state index is 12.0. The monoisotopic (exact) mass is 498 g/mol. The molecular weight excluding hydrogens is 467 g/mol. The second kappa shape index (κ2) is 11.7. The van der Waals surface area contributed by atoms with Crippen LogP contribution in [0, 0.1) is 0 Å². The van der Waals surface area contributed by atoms with Gasteiger partial charge in [0, 0.05) is 31.0 Å². The predicted octanol–water partition coefficient (Wildman–Crippen LogP) is 2.52. The van der Waals surface area contributed by atoms with Crippen LogP contribution >= 0.6 is 24.0 Å². The number of carbonyl (C=O) groups excluding carboxylic acids is 1. The first-order valence-electron chi connectivity index (χ1n) is 9.22. The van der Waals surface area contributed by atoms with E-state index in [0.29, 0.717) is 12.5 Å². The van der Waals surface area contributed by atoms with Crippen LogP contribution in [-0.4, -0.2) is 40.0 Å². The zero-order valence-corrected chi connectivity index (χ0v) is 19.4. The Labute approximate surface area is 184 Å². The van der Waals surface area contributed by atoms with Gasteiger partial charge in [0.15, 0.2) is 5.96 Å². The van der Waals surface area contributed by atoms with Gasteiger partial charge in [-0.3, -0.25) is 4.79 Å². The third kappa shape index (κ3) is 9.20. The van der Waals surface area contributed by atoms with Crippen LogP contribution < -0.4 is 16.0 Å². The van der Waals surface area contributed by atoms with Crippen LogP contribution in [0.2, 0.25) is 0 Å². The zero-order valence-electron chi connectivity index (χ0n) is 17.0. The van der Waals surface area contributed by atoms with Gasteiger partial charge in [0.2, 0.25) is 5.91 Å². The van der Waals surface area contributed by atoms with Crippen LogP contribution in [-0.2, 0) is 17.9 Å². The summed E-state index contributed by atoms with van der Waals surface area (Å²) >= 11 is 0. The van der Waals surface area contributed by atoms with Gasteiger partial charge in [0.25, 0.3) is 0 Å². The molecule has 0 bridgehead atoms. The smallest absolute Gasteiger partial charge is 0.239 e. The molecule has 2 rings (SSSR count). The van der Waals surface area contributed by atoms with Crippen LogP contribution in [0.4, 0.5) is 0 Å². The molecule has 3 N–H and O–H groups in total. The zero-order chi connectivity index (χ0) is 19.7. The first-order valence-corrected chi connectivity index (χ1v) is 9.22. The molecule has 0 radical (unpaired) electrons. The van der Waals surface area contributed by atoms with Gasteiger partial charge < -0.3 is 20.5 Å². The van der Waals surface area contributed by atoms with Crippen molar-refractivity contribution >= 4 is 35.8 Å². The van der Waals surface area contributed by atoms with Crippen LogP contribution in [0.25, 0.3) is 0 Å². The maximum atomic E-state index is 12.0. The number of amides is 1. The molecule has 0 saturated carbocycles. The Bertz CT molecular complexity index is 752. The molecule has 0 saturated heterocycles. The lowest BCUT2D eigenvalue weighted by molar-refractivity contribution is -0.121. The first kappa shape index (κ1) is 23.9. The highest BCUT2D eigenvalue weighted by Crippen LogP contribution is 2.08. The number of halogens is 1. The quantitative estimate of drug-likeness (QED) is 0.311. The first-order chi connectivity index (χ1) is 12.9. The molecule has 154 valence electrons. The topological polar surface area (TPSA) is 83.3 Å². The van der Waals surface area contributed by atoms with Gasteiger partial charge in [-0.1, -0.05) is 24.3 Å². The van der Waals surface area contributed by atoms with Gasteiger partial charge >= 0.3 is 0 Å². The van der Waals surface area contributed by atoms with Crippen molar-refractivity contribution in [2.24, 2.45) is 4.99 Å². The number of nitrogens with one attached hydrogen (secondary N) is 3. The average molecular weight is 498 g/mol. The summed E-state index contributed by atoms with van der Waals surface area (Å²) in [5.41, 5.74) is 2.07. The minimum Gasteiger partial charge on any atom is -0.357 e. The van der Waals surface area contributed by atoms with Crippen LogP contribution in [0.15, 0.2) is 48.0 Å². The number of nitrogens with zero attached hydrogens (tertiary/aromatic N) is 3. The minimum atomic E-state index is -0.246. The molecule has 0 aliphatic rings. The number of guanidine groups is 1. The van der Waals surface area contributed by atoms with Crippen LogP contribution in [0.5, 0.6) is 0 Å². The number of aliphatic imine (C=N–C) groups is 1. The number of aromatic nitrogens is 2. The fourth-order valence-corrected chi connectivity index (χ4v) is 2.56. The van der Waals surface area contributed by atoms with E-state index in [2.05, 4.69) is 44.1 Å². The van der Waals surface area contributed by atoms with Crippen molar-refractivity contribution in [3.63, 3.8) is 0 Å². The summed E-state index contributed by atoms with van der Waals surface area (Å²) in [7, 11) is 0. The molecule has 28 heavy (non-hydrogen) atoms. The molecule has 0 atom stereocenters. The fraction of sp³-hybridized carbons (Fsp3) is 0.450. The van der Waals surface area contributed by atoms with E-state index >= 15 is 0 Å². The molecule has 0 aliphatic carbocycles. The predicted molar refractivity (Wildman–Crippen MR) is 124 cm³/mol. The highest BCUT2D eigenvalue weighted by molar-refractivity contribution is 14.0. The van der Waals surface area contributed by atoms with E-state index in [1.165, 1.54) is 5.56 Å². The Hall–Kier alpha value is -2.10. The SMILES string of the molecule is CCNC(=NCc1cccc(Cn2ccnc2)c1)NCC(=O)NC(C)(C)C.I. The Morgan fingerprint density at radius 1 is 1.21 bits per heavy atom. The second-order valence-electron chi connectivity index (χ2n) is 7.40. The molecule has 2 aromatic rings. The Kier molecular flexibility index (Phi) is 9.98. The Balaban J connectivity index is 0.00000392. The number of hydrogen-bond acceptors (Lipinski definition) is 3. The van der Waals surface area contributed by atoms with Crippen molar-refractivity contribution in [3.05, 3.63) is 54.1 Å². The molecule has 1 heterocycles. The van der Waals surface area contributed by atoms with Gasteiger partial charge in [0.1, 0.15) is 0 Å². The maximum Gasteiger partial charge on any atom is 0.239 e. The van der Waals surface area contributed by atoms with E-state index in [1.54, 1.807) is 12.5 Å². The highest BCUT2D eigenvalue weighted by Gasteiger charge is 2.13. The molecular formula is C20H31IN6O. The molecule has 8 heteroatoms. The third-order valence-electron chi connectivity index (χ3n) is 3.61. The van der Waals surface area contributed by atoms with Crippen molar-refractivity contribution in [3.8, 4) is 0 Å². The lowest BCUT2D eigenvalue weighted by Gasteiger charge is -2.21. The lowest BCUT2D eigenvalue weighted by atomic mass is 10.1. The minimum absolute atomic E-state index is 0. The average Bonchev–Trinajstić information content (AvgIpc) is 3.09. The van der Waals surface area contributed by atoms with E-state index < -0.39 is 0 Å². The van der Waals surface area contributed by atoms with Gasteiger partial charge in [-0.25, -0.2) is 9.98 Å². The van der Waals surface area contributed by atoms with Crippen molar-refractivity contribution < 1.29 is 4.79 Å². The Morgan fingerprint density at radius 3 is 2.61 bits per heavy atom. The molecule has 1 aromatic heterocycles. The van der Waals surface area contributed by atoms with Gasteiger partial charge in [-0.2, -0.15) is 0 Å². The molecule has 1 aromatic carbocycles. The summed E-state index contributed by atoms with van der Waals surface area (Å²) in [6, 6.07) is 8.32. The number of benzene rings is 1. The van der Waals surface area contributed by atoms with Crippen molar-refractivity contribution in [1.29, 1.82) is 0 Å². The molecule has 0 aliphatic heterocycles. The number of rotatable bonds is 7. The van der Waals surface area contributed by atoms with Crippen molar-refractivity contribution in [2.75, 3.05) is 13.1 Å². The normalized spacial score (nSPS) is 11.5. The van der Waals surface area contributed by atoms with Gasteiger partial charge in [-0.15, -0.1) is 24.0 Å². The lowest BCUT2D eigenvalue weighted by Crippen LogP contribution is -2.48. The van der Waals surface area contributed by atoms with Gasteiger partial charge in [-0.05, 0) is 38.8 Å². The largest absolute Gasteiger partial charge is 0.357 e. The molecule has 0 unspecified atom stereocenters. The van der Waals surface area contributed by atoms with Crippen molar-refractivity contribution in [2.45, 2.75) is 46.3 Å². The standard InChI is InChI=1S/C20H30N6O.HI/c1-5-22-19(24-13-18(27)25-20(2,3)4)23-12-16-7-6-8-17(11-16)14-26-10-9-21-15-26;/h6-11,15H,5,12-14H2,1-4H3,(H,25,27)(H2,22,23,24);1H. The van der Waals surface area contributed by atoms with Crippen LogP contribution in [0.1, 0.15) is 38.8 Å². The van der Waals surface area contributed by atoms with E-state index in [0.717, 1.165) is 18.7 Å². The van der Waals surface area contributed by atoms with E-state index in [4.69, 9.17) is 0 Å². The Morgan fingerprint density at radius 2 is 1.96 bits per heavy atom. The van der Waals surface area contributed by atoms with Crippen molar-refractivity contribution in [1.82, 2.24) is 25.5 Å². The number of carbonyl (C=O) groups is 1. The highest BCUT2D eigenvalue weighted by atomic mass is 127. The molecule has 0 spiro atoms. The summed E-state index contributed by atoms with van der Waals surface area (Å²) in [5.74, 6) is 0.567. The summed E-state index contributed by atoms with van der Waals surface area (Å²) in [6.45, 7) is 10.1. The van der Waals surface area contributed by atoms with Gasteiger partial charge in [0.05, 0.1) is 19.4 Å². The summed E-state index contributed by atoms with van der Waals surface area (Å²) in [6.07, 6.45) is 5.53. The molecule has 0 fully saturated rings. The summed E-state index contributed by atoms with van der Waals surface area (Å²) in [5, 5.41) is 9.17. The molecule has 7 nitrogen and oxygen atoms in total. The van der Waals surface area contributed by atoms with Crippen LogP contribution in [0.3, 0.4) is 0 Å². The third-order valence-corrected chi connectivity index (χ3v) is 3.61. The second-order valence-corrected chi connectivity index (χ2v) is 7.40. The molecule has 1 amide bonds. The van der Waals surface area contributed by atoms with E-state index in [-0.39, 0.29) is 42.0 Å². The fourth-order valence-electron chi connectivity index (χ4n) is 2.56. The van der Waals surface area contributed by atoms with E-state index in [1.807, 2.05) is 44.5 Å². The summed E-state index contributed by atoms with van der Waals surface area (Å²) < 4.78 is 2.03.